The number of carbonyl (C=O) groups excluding carboxylic acids is 4. The van der Waals surface area contributed by atoms with Gasteiger partial charge >= 0.3 is 5.97 Å². The predicted molar refractivity (Wildman–Crippen MR) is 135 cm³/mol. The Hall–Kier alpha value is -4.26. The molecule has 1 saturated heterocycles. The van der Waals surface area contributed by atoms with Crippen molar-refractivity contribution in [3.8, 4) is 0 Å². The van der Waals surface area contributed by atoms with Crippen molar-refractivity contribution < 1.29 is 29.1 Å². The number of nitrogens with one attached hydrogen (secondary N) is 3. The van der Waals surface area contributed by atoms with Crippen LogP contribution >= 0.6 is 0 Å². The van der Waals surface area contributed by atoms with Gasteiger partial charge in [0.15, 0.2) is 0 Å². The lowest BCUT2D eigenvalue weighted by molar-refractivity contribution is -0.145. The first-order valence-electron chi connectivity index (χ1n) is 12.3. The van der Waals surface area contributed by atoms with E-state index in [4.69, 9.17) is 11.5 Å². The molecule has 204 valence electrons. The highest BCUT2D eigenvalue weighted by Gasteiger charge is 2.39. The Balaban J connectivity index is 1.74. The number of carbonyl (C=O) groups is 5. The smallest absolute Gasteiger partial charge is 0.326 e. The van der Waals surface area contributed by atoms with Gasteiger partial charge < -0.3 is 37.1 Å². The maximum absolute atomic E-state index is 13.7. The molecular weight excluding hydrogens is 494 g/mol. The third-order valence-corrected chi connectivity index (χ3v) is 6.36. The predicted octanol–water partition coefficient (Wildman–Crippen LogP) is -1.17. The summed E-state index contributed by atoms with van der Waals surface area (Å²) >= 11 is 0. The van der Waals surface area contributed by atoms with Gasteiger partial charge in [-0.1, -0.05) is 30.3 Å². The first-order valence-corrected chi connectivity index (χ1v) is 12.3. The molecule has 1 aliphatic rings. The van der Waals surface area contributed by atoms with Crippen LogP contribution < -0.4 is 22.1 Å². The molecule has 1 aromatic carbocycles. The summed E-state index contributed by atoms with van der Waals surface area (Å²) in [7, 11) is 0. The quantitative estimate of drug-likeness (QED) is 0.186. The lowest BCUT2D eigenvalue weighted by Gasteiger charge is -2.30. The lowest BCUT2D eigenvalue weighted by Crippen LogP contribution is -2.57. The lowest BCUT2D eigenvalue weighted by atomic mass is 10.0. The zero-order chi connectivity index (χ0) is 27.7. The van der Waals surface area contributed by atoms with E-state index in [1.807, 2.05) is 30.3 Å². The zero-order valence-corrected chi connectivity index (χ0v) is 20.8. The van der Waals surface area contributed by atoms with Crippen molar-refractivity contribution in [2.75, 3.05) is 6.54 Å². The third kappa shape index (κ3) is 7.87. The van der Waals surface area contributed by atoms with E-state index in [9.17, 15) is 29.1 Å². The molecule has 1 aliphatic heterocycles. The van der Waals surface area contributed by atoms with Crippen molar-refractivity contribution in [2.45, 2.75) is 62.7 Å². The van der Waals surface area contributed by atoms with Crippen molar-refractivity contribution in [3.63, 3.8) is 0 Å². The molecule has 3 rings (SSSR count). The van der Waals surface area contributed by atoms with Gasteiger partial charge in [-0.15, -0.1) is 0 Å². The molecule has 4 atom stereocenters. The van der Waals surface area contributed by atoms with Gasteiger partial charge in [0.25, 0.3) is 0 Å². The van der Waals surface area contributed by atoms with Gasteiger partial charge in [0, 0.05) is 37.7 Å². The fourth-order valence-electron chi connectivity index (χ4n) is 4.37. The normalized spacial score (nSPS) is 17.3. The Morgan fingerprint density at radius 2 is 1.84 bits per heavy atom. The largest absolute Gasteiger partial charge is 0.480 e. The van der Waals surface area contributed by atoms with Crippen molar-refractivity contribution in [2.24, 2.45) is 11.5 Å². The van der Waals surface area contributed by atoms with Gasteiger partial charge in [0.05, 0.1) is 12.4 Å². The molecule has 2 aromatic rings. The SMILES string of the molecule is NC(=O)CCC(NC(=O)C1CCCN1C(=O)C(Cc1ccccc1)NC(=O)C(N)Cc1cnc[nH]1)C(=O)O. The number of nitrogens with zero attached hydrogens (tertiary/aromatic N) is 2. The minimum atomic E-state index is -1.33. The third-order valence-electron chi connectivity index (χ3n) is 6.36. The van der Waals surface area contributed by atoms with Crippen LogP contribution in [0.4, 0.5) is 0 Å². The minimum absolute atomic E-state index is 0.169. The van der Waals surface area contributed by atoms with E-state index in [0.717, 1.165) is 5.56 Å². The van der Waals surface area contributed by atoms with Crippen molar-refractivity contribution >= 4 is 29.6 Å². The second-order valence-electron chi connectivity index (χ2n) is 9.23. The number of imidazole rings is 1. The van der Waals surface area contributed by atoms with Crippen LogP contribution in [-0.4, -0.2) is 80.3 Å². The fraction of sp³-hybridized carbons (Fsp3) is 0.440. The summed E-state index contributed by atoms with van der Waals surface area (Å²) in [5, 5.41) is 14.6. The van der Waals surface area contributed by atoms with Crippen LogP contribution in [0.1, 0.15) is 36.9 Å². The van der Waals surface area contributed by atoms with Crippen molar-refractivity contribution in [3.05, 3.63) is 54.1 Å². The van der Waals surface area contributed by atoms with Crippen LogP contribution in [0.25, 0.3) is 0 Å². The van der Waals surface area contributed by atoms with Crippen molar-refractivity contribution in [1.29, 1.82) is 0 Å². The number of hydrogen-bond acceptors (Lipinski definition) is 7. The highest BCUT2D eigenvalue weighted by molar-refractivity contribution is 5.94. The number of likely N-dealkylation sites (tertiary alicyclic amines) is 1. The average molecular weight is 528 g/mol. The summed E-state index contributed by atoms with van der Waals surface area (Å²) in [4.78, 5) is 70.4. The number of hydrogen-bond donors (Lipinski definition) is 6. The molecule has 1 fully saturated rings. The number of H-pyrrole nitrogens is 1. The number of aliphatic carboxylic acids is 1. The highest BCUT2D eigenvalue weighted by Crippen LogP contribution is 2.20. The molecule has 2 heterocycles. The van der Waals surface area contributed by atoms with E-state index in [2.05, 4.69) is 20.6 Å². The number of rotatable bonds is 13. The van der Waals surface area contributed by atoms with Crippen LogP contribution in [0.3, 0.4) is 0 Å². The summed E-state index contributed by atoms with van der Waals surface area (Å²) in [6.45, 7) is 0.261. The maximum Gasteiger partial charge on any atom is 0.326 e. The summed E-state index contributed by atoms with van der Waals surface area (Å²) in [5.74, 6) is -3.65. The van der Waals surface area contributed by atoms with Gasteiger partial charge in [0.1, 0.15) is 18.1 Å². The second-order valence-corrected chi connectivity index (χ2v) is 9.23. The molecule has 0 bridgehead atoms. The number of carboxylic acid groups (broad SMARTS) is 1. The van der Waals surface area contributed by atoms with Crippen LogP contribution in [0.15, 0.2) is 42.9 Å². The first-order chi connectivity index (χ1) is 18.2. The number of aromatic amines is 1. The number of aromatic nitrogens is 2. The standard InChI is InChI=1S/C25H33N7O6/c26-17(12-16-13-28-14-29-16)22(34)31-19(11-15-5-2-1-3-6-15)24(36)32-10-4-7-20(32)23(35)30-18(25(37)38)8-9-21(27)33/h1-3,5-6,13-14,17-20H,4,7-12,26H2,(H2,27,33)(H,28,29)(H,30,35)(H,31,34)(H,37,38). The molecule has 0 spiro atoms. The molecule has 13 nitrogen and oxygen atoms in total. The number of carboxylic acids is 1. The molecule has 13 heteroatoms. The summed E-state index contributed by atoms with van der Waals surface area (Å²) in [6.07, 6.45) is 3.86. The molecular formula is C25H33N7O6. The molecule has 0 saturated carbocycles. The average Bonchev–Trinajstić information content (AvgIpc) is 3.58. The maximum atomic E-state index is 13.7. The zero-order valence-electron chi connectivity index (χ0n) is 20.8. The summed E-state index contributed by atoms with van der Waals surface area (Å²) in [6, 6.07) is 4.90. The Morgan fingerprint density at radius 3 is 2.47 bits per heavy atom. The van der Waals surface area contributed by atoms with Crippen molar-refractivity contribution in [1.82, 2.24) is 25.5 Å². The minimum Gasteiger partial charge on any atom is -0.480 e. The first kappa shape index (κ1) is 28.3. The Kier molecular flexibility index (Phi) is 9.93. The molecule has 4 unspecified atom stereocenters. The number of primary amides is 1. The number of benzene rings is 1. The highest BCUT2D eigenvalue weighted by atomic mass is 16.4. The van der Waals surface area contributed by atoms with Gasteiger partial charge in [-0.3, -0.25) is 19.2 Å². The molecule has 0 aliphatic carbocycles. The molecule has 1 aromatic heterocycles. The van der Waals surface area contributed by atoms with E-state index in [-0.39, 0.29) is 32.2 Å². The summed E-state index contributed by atoms with van der Waals surface area (Å²) in [5.41, 5.74) is 12.6. The van der Waals surface area contributed by atoms with Crippen LogP contribution in [0.2, 0.25) is 0 Å². The van der Waals surface area contributed by atoms with Gasteiger partial charge in [-0.2, -0.15) is 0 Å². The fourth-order valence-corrected chi connectivity index (χ4v) is 4.37. The van der Waals surface area contributed by atoms with E-state index in [0.29, 0.717) is 18.5 Å². The summed E-state index contributed by atoms with van der Waals surface area (Å²) < 4.78 is 0. The van der Waals surface area contributed by atoms with Crippen LogP contribution in [0, 0.1) is 0 Å². The molecule has 8 N–H and O–H groups in total. The van der Waals surface area contributed by atoms with E-state index in [1.165, 1.54) is 11.2 Å². The van der Waals surface area contributed by atoms with E-state index >= 15 is 0 Å². The Morgan fingerprint density at radius 1 is 1.11 bits per heavy atom. The Labute approximate surface area is 219 Å². The van der Waals surface area contributed by atoms with Gasteiger partial charge in [-0.25, -0.2) is 9.78 Å². The van der Waals surface area contributed by atoms with Gasteiger partial charge in [-0.05, 0) is 24.8 Å². The number of nitrogens with two attached hydrogens (primary N) is 2. The number of amides is 4. The second kappa shape index (κ2) is 13.3. The van der Waals surface area contributed by atoms with E-state index < -0.39 is 53.8 Å². The molecule has 38 heavy (non-hydrogen) atoms. The van der Waals surface area contributed by atoms with Crippen LogP contribution in [0.5, 0.6) is 0 Å². The molecule has 0 radical (unpaired) electrons. The van der Waals surface area contributed by atoms with Crippen LogP contribution in [-0.2, 0) is 36.8 Å². The topological polar surface area (TPSA) is 214 Å². The molecule has 4 amide bonds. The van der Waals surface area contributed by atoms with E-state index in [1.54, 1.807) is 6.20 Å². The Bertz CT molecular complexity index is 1120. The monoisotopic (exact) mass is 527 g/mol. The van der Waals surface area contributed by atoms with Gasteiger partial charge in [0.2, 0.25) is 23.6 Å².